The SMILES string of the molecule is CCC(Nc1nc2c(C)cccc2s1)C1CCCCC1. The largest absolute Gasteiger partial charge is 0.358 e. The van der Waals surface area contributed by atoms with Crippen molar-refractivity contribution < 1.29 is 0 Å². The number of anilines is 1. The Morgan fingerprint density at radius 3 is 2.80 bits per heavy atom. The van der Waals surface area contributed by atoms with Crippen LogP contribution in [0.25, 0.3) is 10.2 Å². The van der Waals surface area contributed by atoms with Crippen molar-refractivity contribution in [2.24, 2.45) is 5.92 Å². The first kappa shape index (κ1) is 13.9. The number of nitrogens with zero attached hydrogens (tertiary/aromatic N) is 1. The molecule has 0 saturated heterocycles. The molecule has 0 radical (unpaired) electrons. The topological polar surface area (TPSA) is 24.9 Å². The van der Waals surface area contributed by atoms with Crippen molar-refractivity contribution in [3.05, 3.63) is 23.8 Å². The summed E-state index contributed by atoms with van der Waals surface area (Å²) < 4.78 is 1.30. The van der Waals surface area contributed by atoms with E-state index in [4.69, 9.17) is 4.98 Å². The van der Waals surface area contributed by atoms with E-state index in [2.05, 4.69) is 37.4 Å². The number of hydrogen-bond donors (Lipinski definition) is 1. The summed E-state index contributed by atoms with van der Waals surface area (Å²) in [5.41, 5.74) is 2.44. The molecular formula is C17H24N2S. The van der Waals surface area contributed by atoms with Crippen molar-refractivity contribution in [3.63, 3.8) is 0 Å². The third-order valence-electron chi connectivity index (χ3n) is 4.59. The van der Waals surface area contributed by atoms with Gasteiger partial charge in [0.15, 0.2) is 5.13 Å². The number of benzene rings is 1. The molecule has 1 aliphatic carbocycles. The maximum absolute atomic E-state index is 4.80. The number of hydrogen-bond acceptors (Lipinski definition) is 3. The van der Waals surface area contributed by atoms with Gasteiger partial charge in [0, 0.05) is 6.04 Å². The number of rotatable bonds is 4. The van der Waals surface area contributed by atoms with E-state index in [1.165, 1.54) is 54.3 Å². The average Bonchev–Trinajstić information content (AvgIpc) is 2.90. The van der Waals surface area contributed by atoms with Crippen LogP contribution in [0.15, 0.2) is 18.2 Å². The van der Waals surface area contributed by atoms with Crippen LogP contribution >= 0.6 is 11.3 Å². The van der Waals surface area contributed by atoms with E-state index in [-0.39, 0.29) is 0 Å². The van der Waals surface area contributed by atoms with Gasteiger partial charge in [-0.1, -0.05) is 49.7 Å². The molecular weight excluding hydrogens is 264 g/mol. The zero-order valence-electron chi connectivity index (χ0n) is 12.5. The third-order valence-corrected chi connectivity index (χ3v) is 5.54. The van der Waals surface area contributed by atoms with Crippen LogP contribution in [-0.2, 0) is 0 Å². The lowest BCUT2D eigenvalue weighted by molar-refractivity contribution is 0.313. The molecule has 2 aromatic rings. The van der Waals surface area contributed by atoms with Gasteiger partial charge in [0.2, 0.25) is 0 Å². The summed E-state index contributed by atoms with van der Waals surface area (Å²) >= 11 is 1.80. The van der Waals surface area contributed by atoms with E-state index in [0.29, 0.717) is 6.04 Å². The zero-order valence-corrected chi connectivity index (χ0v) is 13.3. The number of para-hydroxylation sites is 1. The van der Waals surface area contributed by atoms with Gasteiger partial charge in [-0.25, -0.2) is 4.98 Å². The minimum Gasteiger partial charge on any atom is -0.358 e. The van der Waals surface area contributed by atoms with Gasteiger partial charge in [0.05, 0.1) is 10.2 Å². The van der Waals surface area contributed by atoms with Crippen LogP contribution in [-0.4, -0.2) is 11.0 Å². The monoisotopic (exact) mass is 288 g/mol. The Bertz CT molecular complexity index is 569. The van der Waals surface area contributed by atoms with Crippen LogP contribution < -0.4 is 5.32 Å². The second-order valence-corrected chi connectivity index (χ2v) is 7.03. The Labute approximate surface area is 125 Å². The van der Waals surface area contributed by atoms with Gasteiger partial charge in [-0.05, 0) is 43.7 Å². The van der Waals surface area contributed by atoms with Gasteiger partial charge in [-0.15, -0.1) is 0 Å². The maximum atomic E-state index is 4.80. The molecule has 108 valence electrons. The van der Waals surface area contributed by atoms with Gasteiger partial charge in [-0.2, -0.15) is 0 Å². The van der Waals surface area contributed by atoms with E-state index in [0.717, 1.165) is 11.0 Å². The Morgan fingerprint density at radius 1 is 1.30 bits per heavy atom. The minimum atomic E-state index is 0.594. The van der Waals surface area contributed by atoms with Gasteiger partial charge in [-0.3, -0.25) is 0 Å². The maximum Gasteiger partial charge on any atom is 0.184 e. The van der Waals surface area contributed by atoms with Gasteiger partial charge in [0.25, 0.3) is 0 Å². The van der Waals surface area contributed by atoms with Crippen molar-refractivity contribution in [2.45, 2.75) is 58.4 Å². The summed E-state index contributed by atoms with van der Waals surface area (Å²) in [5, 5.41) is 4.83. The smallest absolute Gasteiger partial charge is 0.184 e. The normalized spacial score (nSPS) is 18.3. The Morgan fingerprint density at radius 2 is 2.10 bits per heavy atom. The Balaban J connectivity index is 1.78. The highest BCUT2D eigenvalue weighted by Crippen LogP contribution is 2.32. The number of thiazole rings is 1. The molecule has 1 aromatic carbocycles. The lowest BCUT2D eigenvalue weighted by Gasteiger charge is -2.30. The first-order chi connectivity index (χ1) is 9.78. The molecule has 1 N–H and O–H groups in total. The first-order valence-corrected chi connectivity index (χ1v) is 8.72. The lowest BCUT2D eigenvalue weighted by atomic mass is 9.83. The number of nitrogens with one attached hydrogen (secondary N) is 1. The van der Waals surface area contributed by atoms with Crippen LogP contribution in [0.1, 0.15) is 51.0 Å². The molecule has 1 atom stereocenters. The second-order valence-electron chi connectivity index (χ2n) is 6.00. The Hall–Kier alpha value is -1.09. The highest BCUT2D eigenvalue weighted by molar-refractivity contribution is 7.22. The fourth-order valence-electron chi connectivity index (χ4n) is 3.40. The molecule has 2 nitrogen and oxygen atoms in total. The van der Waals surface area contributed by atoms with Crippen molar-refractivity contribution >= 4 is 26.7 Å². The van der Waals surface area contributed by atoms with E-state index >= 15 is 0 Å². The molecule has 1 aromatic heterocycles. The molecule has 0 aliphatic heterocycles. The fourth-order valence-corrected chi connectivity index (χ4v) is 4.40. The summed E-state index contributed by atoms with van der Waals surface area (Å²) in [6.07, 6.45) is 8.20. The third kappa shape index (κ3) is 2.83. The molecule has 20 heavy (non-hydrogen) atoms. The van der Waals surface area contributed by atoms with Crippen molar-refractivity contribution in [3.8, 4) is 0 Å². The summed E-state index contributed by atoms with van der Waals surface area (Å²) in [4.78, 5) is 4.80. The second kappa shape index (κ2) is 6.13. The molecule has 1 heterocycles. The fraction of sp³-hybridized carbons (Fsp3) is 0.588. The highest BCUT2D eigenvalue weighted by atomic mass is 32.1. The van der Waals surface area contributed by atoms with Gasteiger partial charge < -0.3 is 5.32 Å². The molecule has 1 saturated carbocycles. The zero-order chi connectivity index (χ0) is 13.9. The predicted octanol–water partition coefficient (Wildman–Crippen LogP) is 5.38. The van der Waals surface area contributed by atoms with Crippen molar-refractivity contribution in [1.82, 2.24) is 4.98 Å². The van der Waals surface area contributed by atoms with Crippen LogP contribution in [0, 0.1) is 12.8 Å². The van der Waals surface area contributed by atoms with Gasteiger partial charge in [0.1, 0.15) is 0 Å². The Kier molecular flexibility index (Phi) is 4.25. The number of fused-ring (bicyclic) bond motifs is 1. The van der Waals surface area contributed by atoms with E-state index < -0.39 is 0 Å². The van der Waals surface area contributed by atoms with E-state index in [1.54, 1.807) is 11.3 Å². The molecule has 1 unspecified atom stereocenters. The minimum absolute atomic E-state index is 0.594. The molecule has 3 rings (SSSR count). The lowest BCUT2D eigenvalue weighted by Crippen LogP contribution is -2.30. The molecule has 0 spiro atoms. The van der Waals surface area contributed by atoms with Crippen LogP contribution in [0.3, 0.4) is 0 Å². The summed E-state index contributed by atoms with van der Waals surface area (Å²) in [7, 11) is 0. The summed E-state index contributed by atoms with van der Waals surface area (Å²) in [6, 6.07) is 7.03. The quantitative estimate of drug-likeness (QED) is 0.817. The summed E-state index contributed by atoms with van der Waals surface area (Å²) in [5.74, 6) is 0.835. The molecule has 1 fully saturated rings. The summed E-state index contributed by atoms with van der Waals surface area (Å²) in [6.45, 7) is 4.44. The number of aryl methyl sites for hydroxylation is 1. The van der Waals surface area contributed by atoms with E-state index in [1.807, 2.05) is 0 Å². The number of aromatic nitrogens is 1. The first-order valence-electron chi connectivity index (χ1n) is 7.90. The predicted molar refractivity (Wildman–Crippen MR) is 88.6 cm³/mol. The van der Waals surface area contributed by atoms with Crippen molar-refractivity contribution in [1.29, 1.82) is 0 Å². The van der Waals surface area contributed by atoms with Gasteiger partial charge >= 0.3 is 0 Å². The highest BCUT2D eigenvalue weighted by Gasteiger charge is 2.23. The molecule has 3 heteroatoms. The molecule has 1 aliphatic rings. The van der Waals surface area contributed by atoms with E-state index in [9.17, 15) is 0 Å². The molecule has 0 bridgehead atoms. The standard InChI is InChI=1S/C17H24N2S/c1-3-14(13-9-5-4-6-10-13)18-17-19-16-12(2)8-7-11-15(16)20-17/h7-8,11,13-14H,3-6,9-10H2,1-2H3,(H,18,19). The van der Waals surface area contributed by atoms with Crippen LogP contribution in [0.4, 0.5) is 5.13 Å². The average molecular weight is 288 g/mol. The van der Waals surface area contributed by atoms with Crippen LogP contribution in [0.5, 0.6) is 0 Å². The van der Waals surface area contributed by atoms with Crippen molar-refractivity contribution in [2.75, 3.05) is 5.32 Å². The van der Waals surface area contributed by atoms with Crippen LogP contribution in [0.2, 0.25) is 0 Å². The molecule has 0 amide bonds.